The molecule has 0 atom stereocenters. The second-order valence-corrected chi connectivity index (χ2v) is 11.9. The second-order valence-electron chi connectivity index (χ2n) is 10.8. The van der Waals surface area contributed by atoms with Crippen LogP contribution in [0.3, 0.4) is 0 Å². The SMILES string of the molecule is c1ccc(-c2cc(-c3ccc(-c4c5oc6ccccc6c5nc5c4sc4ccccc45)cc3)nc(-c3ccccc3)n2)cc1. The number of thiophene rings is 1. The molecule has 0 N–H and O–H groups in total. The van der Waals surface area contributed by atoms with Crippen molar-refractivity contribution < 1.29 is 4.42 Å². The summed E-state index contributed by atoms with van der Waals surface area (Å²) in [5.41, 5.74) is 10.6. The Kier molecular flexibility index (Phi) is 5.64. The molecule has 0 bridgehead atoms. The summed E-state index contributed by atoms with van der Waals surface area (Å²) in [6.07, 6.45) is 0. The Balaban J connectivity index is 1.24. The molecule has 0 radical (unpaired) electrons. The van der Waals surface area contributed by atoms with Gasteiger partial charge in [-0.15, -0.1) is 11.3 Å². The minimum atomic E-state index is 0.705. The Bertz CT molecular complexity index is 2330. The van der Waals surface area contributed by atoms with E-state index in [1.807, 2.05) is 54.6 Å². The van der Waals surface area contributed by atoms with Crippen LogP contribution < -0.4 is 0 Å². The zero-order valence-electron chi connectivity index (χ0n) is 23.4. The van der Waals surface area contributed by atoms with Gasteiger partial charge in [0, 0.05) is 37.7 Å². The molecule has 5 heteroatoms. The van der Waals surface area contributed by atoms with Gasteiger partial charge in [-0.2, -0.15) is 0 Å². The largest absolute Gasteiger partial charge is 0.454 e. The summed E-state index contributed by atoms with van der Waals surface area (Å²) in [5, 5.41) is 2.20. The van der Waals surface area contributed by atoms with Crippen molar-refractivity contribution in [2.24, 2.45) is 0 Å². The Morgan fingerprint density at radius 2 is 1.07 bits per heavy atom. The number of rotatable bonds is 4. The van der Waals surface area contributed by atoms with Gasteiger partial charge in [0.15, 0.2) is 11.4 Å². The fourth-order valence-electron chi connectivity index (χ4n) is 5.98. The summed E-state index contributed by atoms with van der Waals surface area (Å²) in [4.78, 5) is 15.1. The van der Waals surface area contributed by atoms with Crippen LogP contribution in [0.4, 0.5) is 0 Å². The Labute approximate surface area is 256 Å². The highest BCUT2D eigenvalue weighted by molar-refractivity contribution is 7.26. The molecule has 0 spiro atoms. The maximum Gasteiger partial charge on any atom is 0.163 e. The minimum Gasteiger partial charge on any atom is -0.454 e. The van der Waals surface area contributed by atoms with Crippen molar-refractivity contribution in [3.05, 3.63) is 140 Å². The number of pyridine rings is 1. The third-order valence-corrected chi connectivity index (χ3v) is 9.29. The summed E-state index contributed by atoms with van der Waals surface area (Å²) in [7, 11) is 0. The molecule has 9 rings (SSSR count). The van der Waals surface area contributed by atoms with E-state index in [1.54, 1.807) is 11.3 Å². The molecule has 4 nitrogen and oxygen atoms in total. The van der Waals surface area contributed by atoms with E-state index in [0.29, 0.717) is 5.82 Å². The molecule has 4 aromatic heterocycles. The van der Waals surface area contributed by atoms with Crippen LogP contribution in [0.15, 0.2) is 144 Å². The predicted molar refractivity (Wildman–Crippen MR) is 182 cm³/mol. The molecule has 0 saturated heterocycles. The van der Waals surface area contributed by atoms with E-state index in [2.05, 4.69) is 84.9 Å². The molecule has 5 aromatic carbocycles. The molecule has 0 fully saturated rings. The molecule has 0 amide bonds. The summed E-state index contributed by atoms with van der Waals surface area (Å²) in [6.45, 7) is 0. The van der Waals surface area contributed by atoms with Crippen molar-refractivity contribution >= 4 is 53.7 Å². The number of benzene rings is 5. The molecular formula is C39H23N3OS. The molecule has 0 aliphatic rings. The second kappa shape index (κ2) is 9.97. The van der Waals surface area contributed by atoms with E-state index >= 15 is 0 Å². The first kappa shape index (κ1) is 24.9. The number of furan rings is 1. The van der Waals surface area contributed by atoms with Crippen molar-refractivity contribution in [1.82, 2.24) is 15.0 Å². The van der Waals surface area contributed by atoms with Gasteiger partial charge in [-0.3, -0.25) is 0 Å². The molecular weight excluding hydrogens is 559 g/mol. The molecule has 9 aromatic rings. The number of para-hydroxylation sites is 1. The molecule has 4 heterocycles. The molecule has 0 aliphatic heterocycles. The molecule has 206 valence electrons. The lowest BCUT2D eigenvalue weighted by Gasteiger charge is -2.10. The third kappa shape index (κ3) is 4.02. The number of fused-ring (bicyclic) bond motifs is 6. The molecule has 0 unspecified atom stereocenters. The highest BCUT2D eigenvalue weighted by atomic mass is 32.1. The standard InChI is InChI=1S/C39H23N3OS/c1-3-11-24(12-4-1)30-23-31(41-39(40-30)27-13-5-2-6-14-27)25-19-21-26(22-20-25)34-37-35(28-15-7-9-17-32(28)43-37)42-36-29-16-8-10-18-33(29)44-38(34)36/h1-23H. The van der Waals surface area contributed by atoms with Crippen molar-refractivity contribution in [1.29, 1.82) is 0 Å². The number of hydrogen-bond donors (Lipinski definition) is 0. The van der Waals surface area contributed by atoms with Crippen molar-refractivity contribution in [3.8, 4) is 45.0 Å². The Morgan fingerprint density at radius 3 is 1.82 bits per heavy atom. The van der Waals surface area contributed by atoms with Gasteiger partial charge in [0.2, 0.25) is 0 Å². The number of nitrogens with zero attached hydrogens (tertiary/aromatic N) is 3. The van der Waals surface area contributed by atoms with Crippen LogP contribution in [0, 0.1) is 0 Å². The number of hydrogen-bond acceptors (Lipinski definition) is 5. The first-order valence-electron chi connectivity index (χ1n) is 14.5. The maximum atomic E-state index is 6.51. The van der Waals surface area contributed by atoms with Gasteiger partial charge in [0.25, 0.3) is 0 Å². The van der Waals surface area contributed by atoms with Crippen LogP contribution >= 0.6 is 11.3 Å². The van der Waals surface area contributed by atoms with E-state index in [4.69, 9.17) is 19.4 Å². The molecule has 0 aliphatic carbocycles. The van der Waals surface area contributed by atoms with Gasteiger partial charge in [0.1, 0.15) is 11.1 Å². The summed E-state index contributed by atoms with van der Waals surface area (Å²) in [5.74, 6) is 0.705. The third-order valence-electron chi connectivity index (χ3n) is 8.11. The van der Waals surface area contributed by atoms with Gasteiger partial charge in [-0.25, -0.2) is 15.0 Å². The first-order valence-corrected chi connectivity index (χ1v) is 15.3. The zero-order chi connectivity index (χ0) is 29.0. The van der Waals surface area contributed by atoms with Gasteiger partial charge in [0.05, 0.1) is 21.6 Å². The van der Waals surface area contributed by atoms with Gasteiger partial charge in [-0.05, 0) is 29.8 Å². The van der Waals surface area contributed by atoms with E-state index in [0.717, 1.165) is 71.5 Å². The average Bonchev–Trinajstić information content (AvgIpc) is 3.66. The lowest BCUT2D eigenvalue weighted by Crippen LogP contribution is -1.95. The summed E-state index contributed by atoms with van der Waals surface area (Å²) >= 11 is 1.76. The van der Waals surface area contributed by atoms with Crippen LogP contribution in [0.5, 0.6) is 0 Å². The van der Waals surface area contributed by atoms with Crippen LogP contribution in [0.2, 0.25) is 0 Å². The monoisotopic (exact) mass is 581 g/mol. The minimum absolute atomic E-state index is 0.705. The van der Waals surface area contributed by atoms with Gasteiger partial charge in [-0.1, -0.05) is 115 Å². The van der Waals surface area contributed by atoms with Crippen LogP contribution in [-0.2, 0) is 0 Å². The van der Waals surface area contributed by atoms with E-state index in [-0.39, 0.29) is 0 Å². The van der Waals surface area contributed by atoms with Crippen LogP contribution in [0.1, 0.15) is 0 Å². The summed E-state index contributed by atoms with van der Waals surface area (Å²) in [6, 6.07) is 47.8. The number of aromatic nitrogens is 3. The predicted octanol–water partition coefficient (Wildman–Crippen LogP) is 10.8. The van der Waals surface area contributed by atoms with Crippen LogP contribution in [-0.4, -0.2) is 15.0 Å². The average molecular weight is 582 g/mol. The maximum absolute atomic E-state index is 6.51. The quantitative estimate of drug-likeness (QED) is 0.207. The van der Waals surface area contributed by atoms with Gasteiger partial charge >= 0.3 is 0 Å². The lowest BCUT2D eigenvalue weighted by atomic mass is 10.0. The van der Waals surface area contributed by atoms with Gasteiger partial charge < -0.3 is 4.42 Å². The zero-order valence-corrected chi connectivity index (χ0v) is 24.3. The normalized spacial score (nSPS) is 11.6. The van der Waals surface area contributed by atoms with E-state index < -0.39 is 0 Å². The smallest absolute Gasteiger partial charge is 0.163 e. The van der Waals surface area contributed by atoms with E-state index in [1.165, 1.54) is 10.1 Å². The highest BCUT2D eigenvalue weighted by Crippen LogP contribution is 2.45. The van der Waals surface area contributed by atoms with Crippen LogP contribution in [0.25, 0.3) is 87.4 Å². The van der Waals surface area contributed by atoms with Crippen molar-refractivity contribution in [3.63, 3.8) is 0 Å². The first-order chi connectivity index (χ1) is 21.8. The summed E-state index contributed by atoms with van der Waals surface area (Å²) < 4.78 is 8.86. The van der Waals surface area contributed by atoms with Crippen molar-refractivity contribution in [2.45, 2.75) is 0 Å². The lowest BCUT2D eigenvalue weighted by molar-refractivity contribution is 0.670. The van der Waals surface area contributed by atoms with Crippen molar-refractivity contribution in [2.75, 3.05) is 0 Å². The van der Waals surface area contributed by atoms with E-state index in [9.17, 15) is 0 Å². The molecule has 0 saturated carbocycles. The Morgan fingerprint density at radius 1 is 0.477 bits per heavy atom. The fourth-order valence-corrected chi connectivity index (χ4v) is 7.18. The topological polar surface area (TPSA) is 51.8 Å². The molecule has 44 heavy (non-hydrogen) atoms. The fraction of sp³-hybridized carbons (Fsp3) is 0. The Hall–Kier alpha value is -5.65. The highest BCUT2D eigenvalue weighted by Gasteiger charge is 2.21.